The molecule has 0 saturated carbocycles. The molecule has 0 aromatic heterocycles. The van der Waals surface area contributed by atoms with Crippen LogP contribution < -0.4 is 0 Å². The smallest absolute Gasteiger partial charge is 0.235 e. The Morgan fingerprint density at radius 3 is 2.40 bits per heavy atom. The van der Waals surface area contributed by atoms with Crippen molar-refractivity contribution in [3.8, 4) is 0 Å². The Balaban J connectivity index is 1.87. The summed E-state index contributed by atoms with van der Waals surface area (Å²) in [4.78, 5) is 37.0. The van der Waals surface area contributed by atoms with Gasteiger partial charge in [0.2, 0.25) is 11.8 Å². The molecule has 0 N–H and O–H groups in total. The summed E-state index contributed by atoms with van der Waals surface area (Å²) in [5, 5.41) is 0. The van der Waals surface area contributed by atoms with E-state index in [1.54, 1.807) is 26.0 Å². The average Bonchev–Trinajstić information content (AvgIpc) is 2.61. The summed E-state index contributed by atoms with van der Waals surface area (Å²) in [5.74, 6) is -0.217. The third kappa shape index (κ3) is 2.95. The quantitative estimate of drug-likeness (QED) is 0.611. The topological polar surface area (TPSA) is 54.5 Å². The second kappa shape index (κ2) is 5.57. The highest BCUT2D eigenvalue weighted by Crippen LogP contribution is 2.31. The maximum absolute atomic E-state index is 12.0. The van der Waals surface area contributed by atoms with E-state index in [9.17, 15) is 14.4 Å². The largest absolute Gasteiger partial charge is 0.294 e. The Labute approximate surface area is 118 Å². The van der Waals surface area contributed by atoms with Crippen LogP contribution >= 0.6 is 0 Å². The second-order valence-corrected chi connectivity index (χ2v) is 5.80. The van der Waals surface area contributed by atoms with E-state index < -0.39 is 5.41 Å². The maximum atomic E-state index is 12.0. The van der Waals surface area contributed by atoms with Crippen LogP contribution in [0.3, 0.4) is 0 Å². The first-order valence-electron chi connectivity index (χ1n) is 6.85. The van der Waals surface area contributed by atoms with Gasteiger partial charge in [-0.1, -0.05) is 44.2 Å². The Hall–Kier alpha value is -1.97. The van der Waals surface area contributed by atoms with Crippen LogP contribution in [0.4, 0.5) is 0 Å². The molecule has 1 heterocycles. The lowest BCUT2D eigenvalue weighted by atomic mass is 9.92. The van der Waals surface area contributed by atoms with Crippen LogP contribution in [0, 0.1) is 5.41 Å². The number of ketones is 1. The minimum atomic E-state index is -0.597. The Bertz CT molecular complexity index is 534. The number of hydrogen-bond acceptors (Lipinski definition) is 3. The third-order valence-corrected chi connectivity index (χ3v) is 3.60. The van der Waals surface area contributed by atoms with Gasteiger partial charge in [0.15, 0.2) is 5.78 Å². The van der Waals surface area contributed by atoms with E-state index in [1.165, 1.54) is 4.90 Å². The molecular weight excluding hydrogens is 254 g/mol. The fraction of sp³-hybridized carbons (Fsp3) is 0.438. The monoisotopic (exact) mass is 273 g/mol. The van der Waals surface area contributed by atoms with Crippen LogP contribution in [0.1, 0.15) is 43.5 Å². The number of hydrogen-bond donors (Lipinski definition) is 0. The molecule has 1 aromatic rings. The normalized spacial score (nSPS) is 17.6. The molecule has 20 heavy (non-hydrogen) atoms. The summed E-state index contributed by atoms with van der Waals surface area (Å²) in [7, 11) is 0. The Morgan fingerprint density at radius 1 is 1.20 bits per heavy atom. The Kier molecular flexibility index (Phi) is 4.02. The molecule has 2 amide bonds. The van der Waals surface area contributed by atoms with Gasteiger partial charge in [-0.15, -0.1) is 0 Å². The first-order valence-corrected chi connectivity index (χ1v) is 6.85. The predicted octanol–water partition coefficient (Wildman–Crippen LogP) is 2.43. The van der Waals surface area contributed by atoms with Gasteiger partial charge < -0.3 is 0 Å². The molecule has 2 rings (SSSR count). The molecule has 1 fully saturated rings. The highest BCUT2D eigenvalue weighted by Gasteiger charge is 2.44. The summed E-state index contributed by atoms with van der Waals surface area (Å²) in [6.07, 6.45) is 1.13. The lowest BCUT2D eigenvalue weighted by Gasteiger charge is -2.17. The zero-order valence-electron chi connectivity index (χ0n) is 11.9. The van der Waals surface area contributed by atoms with Crippen LogP contribution in [-0.2, 0) is 9.59 Å². The predicted molar refractivity (Wildman–Crippen MR) is 75.1 cm³/mol. The molecule has 0 bridgehead atoms. The molecule has 106 valence electrons. The van der Waals surface area contributed by atoms with Gasteiger partial charge in [-0.3, -0.25) is 19.3 Å². The lowest BCUT2D eigenvalue weighted by molar-refractivity contribution is -0.140. The minimum absolute atomic E-state index is 0.0453. The van der Waals surface area contributed by atoms with Gasteiger partial charge in [0.05, 0.1) is 5.41 Å². The summed E-state index contributed by atoms with van der Waals surface area (Å²) in [6, 6.07) is 9.06. The van der Waals surface area contributed by atoms with Crippen molar-refractivity contribution < 1.29 is 14.4 Å². The molecule has 0 aliphatic carbocycles. The van der Waals surface area contributed by atoms with Crippen LogP contribution in [0.2, 0.25) is 0 Å². The number of benzene rings is 1. The van der Waals surface area contributed by atoms with Crippen molar-refractivity contribution in [1.29, 1.82) is 0 Å². The van der Waals surface area contributed by atoms with Gasteiger partial charge in [0, 0.05) is 24.9 Å². The average molecular weight is 273 g/mol. The third-order valence-electron chi connectivity index (χ3n) is 3.60. The molecule has 1 saturated heterocycles. The lowest BCUT2D eigenvalue weighted by Crippen LogP contribution is -2.34. The van der Waals surface area contributed by atoms with Crippen LogP contribution in [-0.4, -0.2) is 29.0 Å². The molecule has 0 radical (unpaired) electrons. The standard InChI is InChI=1S/C16H19NO3/c1-16(2)11-14(19)17(15(16)20)10-6-9-13(18)12-7-4-3-5-8-12/h3-5,7-8H,6,9-11H2,1-2H3. The zero-order chi connectivity index (χ0) is 14.8. The molecule has 0 atom stereocenters. The first-order chi connectivity index (χ1) is 9.42. The van der Waals surface area contributed by atoms with Gasteiger partial charge in [-0.2, -0.15) is 0 Å². The summed E-state index contributed by atoms with van der Waals surface area (Å²) in [5.41, 5.74) is 0.0764. The van der Waals surface area contributed by atoms with E-state index in [2.05, 4.69) is 0 Å². The molecular formula is C16H19NO3. The Morgan fingerprint density at radius 2 is 1.85 bits per heavy atom. The van der Waals surface area contributed by atoms with E-state index in [1.807, 2.05) is 18.2 Å². The van der Waals surface area contributed by atoms with E-state index >= 15 is 0 Å². The van der Waals surface area contributed by atoms with Crippen molar-refractivity contribution in [1.82, 2.24) is 4.90 Å². The van der Waals surface area contributed by atoms with Crippen molar-refractivity contribution >= 4 is 17.6 Å². The first kappa shape index (κ1) is 14.4. The fourth-order valence-electron chi connectivity index (χ4n) is 2.42. The van der Waals surface area contributed by atoms with Crippen molar-refractivity contribution in [3.63, 3.8) is 0 Å². The number of Topliss-reactive ketones (excluding diaryl/α,β-unsaturated/α-hetero) is 1. The molecule has 0 unspecified atom stereocenters. The van der Waals surface area contributed by atoms with Crippen LogP contribution in [0.25, 0.3) is 0 Å². The van der Waals surface area contributed by atoms with E-state index in [-0.39, 0.29) is 24.0 Å². The summed E-state index contributed by atoms with van der Waals surface area (Å²) >= 11 is 0. The number of carbonyl (C=O) groups is 3. The van der Waals surface area contributed by atoms with Crippen molar-refractivity contribution in [2.45, 2.75) is 33.1 Å². The van der Waals surface area contributed by atoms with Crippen molar-refractivity contribution in [3.05, 3.63) is 35.9 Å². The van der Waals surface area contributed by atoms with Crippen molar-refractivity contribution in [2.24, 2.45) is 5.41 Å². The number of likely N-dealkylation sites (tertiary alicyclic amines) is 1. The van der Waals surface area contributed by atoms with Gasteiger partial charge >= 0.3 is 0 Å². The molecule has 1 aliphatic rings. The number of nitrogens with zero attached hydrogens (tertiary/aromatic N) is 1. The number of imide groups is 1. The minimum Gasteiger partial charge on any atom is -0.294 e. The SMILES string of the molecule is CC1(C)CC(=O)N(CCCC(=O)c2ccccc2)C1=O. The van der Waals surface area contributed by atoms with Gasteiger partial charge in [-0.25, -0.2) is 0 Å². The molecule has 4 heteroatoms. The molecule has 1 aliphatic heterocycles. The molecule has 1 aromatic carbocycles. The van der Waals surface area contributed by atoms with E-state index in [0.29, 0.717) is 24.9 Å². The van der Waals surface area contributed by atoms with Gasteiger partial charge in [-0.05, 0) is 6.42 Å². The maximum Gasteiger partial charge on any atom is 0.235 e. The number of carbonyl (C=O) groups excluding carboxylic acids is 3. The van der Waals surface area contributed by atoms with E-state index in [0.717, 1.165) is 0 Å². The fourth-order valence-corrected chi connectivity index (χ4v) is 2.42. The highest BCUT2D eigenvalue weighted by atomic mass is 16.2. The zero-order valence-corrected chi connectivity index (χ0v) is 11.9. The van der Waals surface area contributed by atoms with E-state index in [4.69, 9.17) is 0 Å². The number of amides is 2. The number of rotatable bonds is 5. The molecule has 0 spiro atoms. The van der Waals surface area contributed by atoms with Crippen molar-refractivity contribution in [2.75, 3.05) is 6.54 Å². The van der Waals surface area contributed by atoms with Gasteiger partial charge in [0.1, 0.15) is 0 Å². The van der Waals surface area contributed by atoms with Crippen LogP contribution in [0.15, 0.2) is 30.3 Å². The molecule has 4 nitrogen and oxygen atoms in total. The second-order valence-electron chi connectivity index (χ2n) is 5.80. The van der Waals surface area contributed by atoms with Gasteiger partial charge in [0.25, 0.3) is 0 Å². The highest BCUT2D eigenvalue weighted by molar-refractivity contribution is 6.05. The summed E-state index contributed by atoms with van der Waals surface area (Å²) < 4.78 is 0. The van der Waals surface area contributed by atoms with Crippen LogP contribution in [0.5, 0.6) is 0 Å². The summed E-state index contributed by atoms with van der Waals surface area (Å²) in [6.45, 7) is 3.89.